The van der Waals surface area contributed by atoms with Gasteiger partial charge >= 0.3 is 0 Å². The maximum absolute atomic E-state index is 11.1. The maximum Gasteiger partial charge on any atom is 0.221 e. The van der Waals surface area contributed by atoms with Gasteiger partial charge in [0.2, 0.25) is 5.91 Å². The third-order valence-electron chi connectivity index (χ3n) is 4.34. The minimum atomic E-state index is -0.110. The highest BCUT2D eigenvalue weighted by atomic mass is 35.5. The molecule has 2 aromatic carbocycles. The van der Waals surface area contributed by atoms with Crippen molar-refractivity contribution in [2.45, 2.75) is 6.92 Å². The normalized spacial score (nSPS) is 10.7. The lowest BCUT2D eigenvalue weighted by molar-refractivity contribution is -0.114. The Bertz CT molecular complexity index is 1190. The molecular weight excluding hydrogens is 390 g/mol. The first-order valence-electron chi connectivity index (χ1n) is 8.86. The molecule has 0 radical (unpaired) electrons. The van der Waals surface area contributed by atoms with E-state index in [9.17, 15) is 4.79 Å². The summed E-state index contributed by atoms with van der Waals surface area (Å²) in [7, 11) is 1.58. The number of hydrogen-bond donors (Lipinski definition) is 2. The molecule has 0 saturated heterocycles. The molecule has 4 aromatic rings. The van der Waals surface area contributed by atoms with E-state index in [1.54, 1.807) is 19.5 Å². The van der Waals surface area contributed by atoms with Gasteiger partial charge in [-0.3, -0.25) is 9.20 Å². The summed E-state index contributed by atoms with van der Waals surface area (Å²) in [6.07, 6.45) is 5.33. The SMILES string of the molecule is COc1ccc(-c2cnc3c(Nc4ccc(NC(C)=O)cc4)nccn23)cc1Cl. The number of anilines is 3. The predicted molar refractivity (Wildman–Crippen MR) is 114 cm³/mol. The third kappa shape index (κ3) is 3.86. The zero-order chi connectivity index (χ0) is 20.4. The Hall–Kier alpha value is -3.58. The Kier molecular flexibility index (Phi) is 5.05. The van der Waals surface area contributed by atoms with Crippen molar-refractivity contribution < 1.29 is 9.53 Å². The van der Waals surface area contributed by atoms with Crippen molar-refractivity contribution >= 4 is 40.3 Å². The van der Waals surface area contributed by atoms with E-state index in [-0.39, 0.29) is 5.91 Å². The predicted octanol–water partition coefficient (Wildman–Crippen LogP) is 4.76. The van der Waals surface area contributed by atoms with Crippen molar-refractivity contribution in [3.63, 3.8) is 0 Å². The summed E-state index contributed by atoms with van der Waals surface area (Å²) in [6.45, 7) is 1.47. The molecule has 0 saturated carbocycles. The molecule has 8 heteroatoms. The van der Waals surface area contributed by atoms with Crippen LogP contribution in [0.3, 0.4) is 0 Å². The van der Waals surface area contributed by atoms with Gasteiger partial charge in [0.05, 0.1) is 24.0 Å². The summed E-state index contributed by atoms with van der Waals surface area (Å²) in [5.74, 6) is 1.13. The van der Waals surface area contributed by atoms with Crippen LogP contribution < -0.4 is 15.4 Å². The molecule has 2 heterocycles. The molecule has 0 unspecified atom stereocenters. The average molecular weight is 408 g/mol. The number of carbonyl (C=O) groups is 1. The first kappa shape index (κ1) is 18.8. The van der Waals surface area contributed by atoms with Gasteiger partial charge in [0.25, 0.3) is 0 Å². The quantitative estimate of drug-likeness (QED) is 0.498. The van der Waals surface area contributed by atoms with E-state index < -0.39 is 0 Å². The van der Waals surface area contributed by atoms with E-state index in [4.69, 9.17) is 16.3 Å². The fourth-order valence-corrected chi connectivity index (χ4v) is 3.28. The number of ether oxygens (including phenoxy) is 1. The number of aromatic nitrogens is 3. The second-order valence-electron chi connectivity index (χ2n) is 6.35. The number of nitrogens with zero attached hydrogens (tertiary/aromatic N) is 3. The van der Waals surface area contributed by atoms with Crippen LogP contribution in [-0.2, 0) is 4.79 Å². The number of carbonyl (C=O) groups excluding carboxylic acids is 1. The number of imidazole rings is 1. The lowest BCUT2D eigenvalue weighted by Crippen LogP contribution is -2.05. The van der Waals surface area contributed by atoms with E-state index in [0.717, 1.165) is 22.6 Å². The Morgan fingerprint density at radius 1 is 1.10 bits per heavy atom. The Balaban J connectivity index is 1.65. The highest BCUT2D eigenvalue weighted by molar-refractivity contribution is 6.32. The molecule has 0 spiro atoms. The van der Waals surface area contributed by atoms with Crippen LogP contribution in [0.1, 0.15) is 6.92 Å². The molecule has 4 rings (SSSR count). The molecule has 0 aliphatic carbocycles. The van der Waals surface area contributed by atoms with Gasteiger partial charge in [-0.25, -0.2) is 9.97 Å². The summed E-state index contributed by atoms with van der Waals surface area (Å²) in [5.41, 5.74) is 4.04. The first-order valence-corrected chi connectivity index (χ1v) is 9.23. The van der Waals surface area contributed by atoms with Crippen molar-refractivity contribution in [1.82, 2.24) is 14.4 Å². The molecular formula is C21H18ClN5O2. The lowest BCUT2D eigenvalue weighted by Gasteiger charge is -2.09. The van der Waals surface area contributed by atoms with Crippen LogP contribution >= 0.6 is 11.6 Å². The Labute approximate surface area is 172 Å². The largest absolute Gasteiger partial charge is 0.495 e. The van der Waals surface area contributed by atoms with Crippen LogP contribution in [0.25, 0.3) is 16.9 Å². The molecule has 1 amide bonds. The van der Waals surface area contributed by atoms with Gasteiger partial charge in [-0.15, -0.1) is 0 Å². The van der Waals surface area contributed by atoms with Crippen LogP contribution in [0.4, 0.5) is 17.2 Å². The van der Waals surface area contributed by atoms with Gasteiger partial charge in [0.15, 0.2) is 11.5 Å². The lowest BCUT2D eigenvalue weighted by atomic mass is 10.1. The maximum atomic E-state index is 11.1. The number of benzene rings is 2. The van der Waals surface area contributed by atoms with E-state index in [0.29, 0.717) is 22.2 Å². The third-order valence-corrected chi connectivity index (χ3v) is 4.64. The highest BCUT2D eigenvalue weighted by Crippen LogP contribution is 2.31. The van der Waals surface area contributed by atoms with Gasteiger partial charge in [-0.1, -0.05) is 11.6 Å². The molecule has 0 aliphatic heterocycles. The molecule has 2 aromatic heterocycles. The Morgan fingerprint density at radius 3 is 2.55 bits per heavy atom. The topological polar surface area (TPSA) is 80.5 Å². The van der Waals surface area contributed by atoms with Crippen LogP contribution in [0, 0.1) is 0 Å². The Morgan fingerprint density at radius 2 is 1.86 bits per heavy atom. The molecule has 0 bridgehead atoms. The van der Waals surface area contributed by atoms with Crippen LogP contribution in [0.2, 0.25) is 5.02 Å². The van der Waals surface area contributed by atoms with Gasteiger partial charge in [0.1, 0.15) is 5.75 Å². The van der Waals surface area contributed by atoms with Gasteiger partial charge in [-0.05, 0) is 42.5 Å². The van der Waals surface area contributed by atoms with Gasteiger partial charge < -0.3 is 15.4 Å². The number of nitrogens with one attached hydrogen (secondary N) is 2. The van der Waals surface area contributed by atoms with E-state index >= 15 is 0 Å². The number of hydrogen-bond acceptors (Lipinski definition) is 5. The number of methoxy groups -OCH3 is 1. The summed E-state index contributed by atoms with van der Waals surface area (Å²) in [5, 5.41) is 6.54. The van der Waals surface area contributed by atoms with E-state index in [1.807, 2.05) is 53.1 Å². The van der Waals surface area contributed by atoms with Crippen molar-refractivity contribution in [3.8, 4) is 17.0 Å². The fraction of sp³-hybridized carbons (Fsp3) is 0.0952. The van der Waals surface area contributed by atoms with E-state index in [1.165, 1.54) is 6.92 Å². The van der Waals surface area contributed by atoms with Crippen LogP contribution in [0.5, 0.6) is 5.75 Å². The highest BCUT2D eigenvalue weighted by Gasteiger charge is 2.12. The number of fused-ring (bicyclic) bond motifs is 1. The number of amides is 1. The molecule has 7 nitrogen and oxygen atoms in total. The van der Waals surface area contributed by atoms with Crippen LogP contribution in [0.15, 0.2) is 61.1 Å². The monoisotopic (exact) mass is 407 g/mol. The number of rotatable bonds is 5. The molecule has 0 atom stereocenters. The van der Waals surface area contributed by atoms with Crippen molar-refractivity contribution in [2.75, 3.05) is 17.7 Å². The van der Waals surface area contributed by atoms with Crippen molar-refractivity contribution in [3.05, 3.63) is 66.1 Å². The van der Waals surface area contributed by atoms with E-state index in [2.05, 4.69) is 20.6 Å². The summed E-state index contributed by atoms with van der Waals surface area (Å²) in [6, 6.07) is 13.0. The summed E-state index contributed by atoms with van der Waals surface area (Å²) >= 11 is 6.27. The minimum Gasteiger partial charge on any atom is -0.495 e. The average Bonchev–Trinajstić information content (AvgIpc) is 3.14. The fourth-order valence-electron chi connectivity index (χ4n) is 3.02. The first-order chi connectivity index (χ1) is 14.0. The van der Waals surface area contributed by atoms with Gasteiger partial charge in [0, 0.05) is 36.3 Å². The van der Waals surface area contributed by atoms with Gasteiger partial charge in [-0.2, -0.15) is 0 Å². The molecule has 146 valence electrons. The van der Waals surface area contributed by atoms with Crippen molar-refractivity contribution in [1.29, 1.82) is 0 Å². The molecule has 0 aliphatic rings. The molecule has 0 fully saturated rings. The zero-order valence-corrected chi connectivity index (χ0v) is 16.6. The number of halogens is 1. The van der Waals surface area contributed by atoms with Crippen molar-refractivity contribution in [2.24, 2.45) is 0 Å². The van der Waals surface area contributed by atoms with Crippen LogP contribution in [-0.4, -0.2) is 27.4 Å². The zero-order valence-electron chi connectivity index (χ0n) is 15.8. The standard InChI is InChI=1S/C21H18ClN5O2/c1-13(28)25-15-4-6-16(7-5-15)26-20-21-24-12-18(27(21)10-9-23-20)14-3-8-19(29-2)17(22)11-14/h3-12H,1-2H3,(H,23,26)(H,25,28). The smallest absolute Gasteiger partial charge is 0.221 e. The summed E-state index contributed by atoms with van der Waals surface area (Å²) in [4.78, 5) is 20.1. The minimum absolute atomic E-state index is 0.110. The second-order valence-corrected chi connectivity index (χ2v) is 6.75. The molecule has 2 N–H and O–H groups in total. The second kappa shape index (κ2) is 7.81. The summed E-state index contributed by atoms with van der Waals surface area (Å²) < 4.78 is 7.17. The molecule has 29 heavy (non-hydrogen) atoms.